The van der Waals surface area contributed by atoms with E-state index in [4.69, 9.17) is 10.8 Å². The first kappa shape index (κ1) is 24.1. The molecule has 1 spiro atoms. The lowest BCUT2D eigenvalue weighted by Gasteiger charge is -2.47. The van der Waals surface area contributed by atoms with Crippen LogP contribution >= 0.6 is 11.8 Å². The molecule has 0 heterocycles. The maximum atomic E-state index is 8.91. The van der Waals surface area contributed by atoms with Crippen LogP contribution < -0.4 is 0 Å². The van der Waals surface area contributed by atoms with E-state index in [1.54, 1.807) is 0 Å². The van der Waals surface area contributed by atoms with Crippen LogP contribution in [0.2, 0.25) is 0 Å². The summed E-state index contributed by atoms with van der Waals surface area (Å²) < 4.78 is 0. The first-order chi connectivity index (χ1) is 18.9. The van der Waals surface area contributed by atoms with Crippen molar-refractivity contribution in [2.45, 2.75) is 37.5 Å². The van der Waals surface area contributed by atoms with E-state index in [1.165, 1.54) is 56.3 Å². The van der Waals surface area contributed by atoms with Crippen LogP contribution in [0.5, 0.6) is 0 Å². The van der Waals surface area contributed by atoms with E-state index in [9.17, 15) is 0 Å². The molecule has 0 unspecified atom stereocenters. The van der Waals surface area contributed by atoms with Crippen molar-refractivity contribution in [1.29, 1.82) is 10.8 Å². The molecule has 3 aliphatic rings. The summed E-state index contributed by atoms with van der Waals surface area (Å²) in [5, 5.41) is 18.3. The molecule has 0 aromatic heterocycles. The topological polar surface area (TPSA) is 47.7 Å². The third-order valence-electron chi connectivity index (χ3n) is 8.85. The highest BCUT2D eigenvalue weighted by Crippen LogP contribution is 2.62. The Balaban J connectivity index is 1.43. The number of benzene rings is 4. The zero-order chi connectivity index (χ0) is 26.8. The molecule has 3 aliphatic carbocycles. The smallest absolute Gasteiger partial charge is 0.101 e. The van der Waals surface area contributed by atoms with Crippen molar-refractivity contribution in [2.24, 2.45) is 0 Å². The van der Waals surface area contributed by atoms with Crippen LogP contribution in [-0.2, 0) is 10.8 Å². The third-order valence-corrected chi connectivity index (χ3v) is 9.73. The minimum absolute atomic E-state index is 0.0943. The van der Waals surface area contributed by atoms with Gasteiger partial charge in [-0.05, 0) is 63.4 Å². The highest BCUT2D eigenvalue weighted by molar-refractivity contribution is 8.27. The summed E-state index contributed by atoms with van der Waals surface area (Å²) >= 11 is 1.22. The minimum atomic E-state index is -0.331. The average molecular weight is 523 g/mol. The van der Waals surface area contributed by atoms with Crippen molar-refractivity contribution in [3.05, 3.63) is 159 Å². The molecule has 0 fully saturated rings. The molecular formula is C36H30N2S. The summed E-state index contributed by atoms with van der Waals surface area (Å²) in [6.07, 6.45) is 6.66. The molecule has 0 amide bonds. The molecule has 0 bridgehead atoms. The van der Waals surface area contributed by atoms with E-state index in [1.807, 2.05) is 30.3 Å². The number of allylic oxidation sites excluding steroid dienone is 4. The van der Waals surface area contributed by atoms with Gasteiger partial charge >= 0.3 is 0 Å². The van der Waals surface area contributed by atoms with Crippen LogP contribution in [0.15, 0.2) is 115 Å². The Morgan fingerprint density at radius 2 is 1.26 bits per heavy atom. The van der Waals surface area contributed by atoms with Gasteiger partial charge in [0, 0.05) is 16.5 Å². The predicted octanol–water partition coefficient (Wildman–Crippen LogP) is 8.86. The molecule has 0 saturated carbocycles. The maximum absolute atomic E-state index is 8.91. The van der Waals surface area contributed by atoms with Gasteiger partial charge in [-0.25, -0.2) is 0 Å². The molecule has 0 saturated heterocycles. The van der Waals surface area contributed by atoms with Gasteiger partial charge < -0.3 is 0 Å². The number of hydrogen-bond donors (Lipinski definition) is 2. The zero-order valence-electron chi connectivity index (χ0n) is 22.2. The Hall–Kier alpha value is -3.95. The lowest BCUT2D eigenvalue weighted by atomic mass is 9.54. The van der Waals surface area contributed by atoms with Gasteiger partial charge in [0.1, 0.15) is 10.1 Å². The number of rotatable bonds is 2. The van der Waals surface area contributed by atoms with Gasteiger partial charge in [0.25, 0.3) is 0 Å². The highest BCUT2D eigenvalue weighted by Gasteiger charge is 2.53. The molecule has 7 rings (SSSR count). The van der Waals surface area contributed by atoms with Gasteiger partial charge in [0.15, 0.2) is 0 Å². The number of thioether (sulfide) groups is 1. The third kappa shape index (κ3) is 3.36. The highest BCUT2D eigenvalue weighted by atomic mass is 32.2. The van der Waals surface area contributed by atoms with Gasteiger partial charge in [0.05, 0.1) is 5.41 Å². The largest absolute Gasteiger partial charge is 0.293 e. The van der Waals surface area contributed by atoms with Crippen LogP contribution in [-0.4, -0.2) is 10.1 Å². The standard InChI is InChI=1S/C36H30N2S/c1-35(2)29-16-8-10-18-31(29)36(32-19-11-9-17-30(32)35)27-15-7-6-14-25(27)26-22-24(20-21-28(26)36)34(38)39-33(37)23-12-4-3-5-13-23/h3-6,8-14,16-22,37-38H,7,15H2,1-2H3. The van der Waals surface area contributed by atoms with Gasteiger partial charge in [-0.1, -0.05) is 129 Å². The molecule has 2 nitrogen and oxygen atoms in total. The van der Waals surface area contributed by atoms with E-state index >= 15 is 0 Å². The van der Waals surface area contributed by atoms with E-state index in [2.05, 4.69) is 92.7 Å². The Morgan fingerprint density at radius 1 is 0.667 bits per heavy atom. The lowest BCUT2D eigenvalue weighted by Crippen LogP contribution is -2.41. The zero-order valence-corrected chi connectivity index (χ0v) is 23.0. The van der Waals surface area contributed by atoms with E-state index in [0.29, 0.717) is 10.1 Å². The summed E-state index contributed by atoms with van der Waals surface area (Å²) in [4.78, 5) is 0. The van der Waals surface area contributed by atoms with Crippen LogP contribution in [0.25, 0.3) is 5.57 Å². The van der Waals surface area contributed by atoms with Crippen molar-refractivity contribution in [2.75, 3.05) is 0 Å². The molecule has 0 radical (unpaired) electrons. The molecule has 4 aromatic rings. The summed E-state index contributed by atoms with van der Waals surface area (Å²) in [6, 6.07) is 34.3. The van der Waals surface area contributed by atoms with Gasteiger partial charge in [0.2, 0.25) is 0 Å². The van der Waals surface area contributed by atoms with Crippen LogP contribution in [0.4, 0.5) is 0 Å². The molecule has 190 valence electrons. The first-order valence-electron chi connectivity index (χ1n) is 13.6. The molecule has 4 aromatic carbocycles. The second-order valence-electron chi connectivity index (χ2n) is 11.2. The minimum Gasteiger partial charge on any atom is -0.293 e. The summed E-state index contributed by atoms with van der Waals surface area (Å²) in [5.74, 6) is 0. The van der Waals surface area contributed by atoms with Crippen molar-refractivity contribution in [3.8, 4) is 0 Å². The summed E-state index contributed by atoms with van der Waals surface area (Å²) in [5.41, 5.74) is 12.1. The summed E-state index contributed by atoms with van der Waals surface area (Å²) in [7, 11) is 0. The fourth-order valence-electron chi connectivity index (χ4n) is 7.13. The molecule has 0 atom stereocenters. The molecule has 3 heteroatoms. The second-order valence-corrected chi connectivity index (χ2v) is 12.2. The SMILES string of the molecule is CC1(C)c2ccccc2C2(C3=C(C=CCC3)c3cc(C(=N)SC(=N)c4ccccc4)ccc32)c2ccccc21. The quantitative estimate of drug-likeness (QED) is 0.200. The normalized spacial score (nSPS) is 17.3. The van der Waals surface area contributed by atoms with E-state index in [-0.39, 0.29) is 10.8 Å². The van der Waals surface area contributed by atoms with Crippen LogP contribution in [0.3, 0.4) is 0 Å². The first-order valence-corrected chi connectivity index (χ1v) is 14.4. The monoisotopic (exact) mass is 522 g/mol. The van der Waals surface area contributed by atoms with Crippen molar-refractivity contribution in [1.82, 2.24) is 0 Å². The molecular weight excluding hydrogens is 492 g/mol. The Kier molecular flexibility index (Phi) is 5.43. The Morgan fingerprint density at radius 3 is 1.92 bits per heavy atom. The lowest BCUT2D eigenvalue weighted by molar-refractivity contribution is 0.550. The van der Waals surface area contributed by atoms with Crippen LogP contribution in [0.1, 0.15) is 71.2 Å². The van der Waals surface area contributed by atoms with Gasteiger partial charge in [-0.15, -0.1) is 0 Å². The molecule has 2 N–H and O–H groups in total. The van der Waals surface area contributed by atoms with Gasteiger partial charge in [-0.2, -0.15) is 0 Å². The van der Waals surface area contributed by atoms with Crippen molar-refractivity contribution < 1.29 is 0 Å². The summed E-state index contributed by atoms with van der Waals surface area (Å²) in [6.45, 7) is 4.71. The van der Waals surface area contributed by atoms with Crippen molar-refractivity contribution >= 4 is 27.4 Å². The second kappa shape index (κ2) is 8.79. The Labute approximate surface area is 234 Å². The predicted molar refractivity (Wildman–Crippen MR) is 164 cm³/mol. The van der Waals surface area contributed by atoms with Gasteiger partial charge in [-0.3, -0.25) is 10.8 Å². The fraction of sp³-hybridized carbons (Fsp3) is 0.167. The van der Waals surface area contributed by atoms with Crippen molar-refractivity contribution in [3.63, 3.8) is 0 Å². The number of fused-ring (bicyclic) bond motifs is 8. The average Bonchev–Trinajstić information content (AvgIpc) is 3.27. The molecule has 39 heavy (non-hydrogen) atoms. The van der Waals surface area contributed by atoms with E-state index < -0.39 is 0 Å². The van der Waals surface area contributed by atoms with Crippen LogP contribution in [0, 0.1) is 10.8 Å². The number of hydrogen-bond acceptors (Lipinski definition) is 3. The fourth-order valence-corrected chi connectivity index (χ4v) is 7.83. The molecule has 0 aliphatic heterocycles. The van der Waals surface area contributed by atoms with E-state index in [0.717, 1.165) is 24.0 Å². The maximum Gasteiger partial charge on any atom is 0.101 e. The Bertz CT molecular complexity index is 1690. The number of nitrogens with one attached hydrogen (secondary N) is 2.